The van der Waals surface area contributed by atoms with Gasteiger partial charge >= 0.3 is 0 Å². The summed E-state index contributed by atoms with van der Waals surface area (Å²) in [6.07, 6.45) is 7.49. The third kappa shape index (κ3) is 4.83. The summed E-state index contributed by atoms with van der Waals surface area (Å²) in [6.45, 7) is 0. The quantitative estimate of drug-likeness (QED) is 0.174. The SMILES string of the molecule is c1ccc(C2(c3ccccc3)c3ccccc3-c3ccc(N(c4ccc(-c5cccnc5)cc4)c4ccccc4-c4cccnc4)cc32)cc1. The topological polar surface area (TPSA) is 29.0 Å². The summed E-state index contributed by atoms with van der Waals surface area (Å²) < 4.78 is 0. The predicted octanol–water partition coefficient (Wildman–Crippen LogP) is 11.6. The number of hydrogen-bond donors (Lipinski definition) is 0. The van der Waals surface area contributed by atoms with Crippen LogP contribution in [-0.4, -0.2) is 9.97 Å². The number of benzene rings is 6. The number of nitrogens with zero attached hydrogens (tertiary/aromatic N) is 3. The van der Waals surface area contributed by atoms with Crippen molar-refractivity contribution in [2.45, 2.75) is 5.41 Å². The molecule has 1 aliphatic carbocycles. The maximum atomic E-state index is 4.48. The molecule has 0 fully saturated rings. The van der Waals surface area contributed by atoms with Crippen molar-refractivity contribution in [1.29, 1.82) is 0 Å². The Morgan fingerprint density at radius 3 is 1.60 bits per heavy atom. The number of para-hydroxylation sites is 1. The molecule has 2 heterocycles. The van der Waals surface area contributed by atoms with Gasteiger partial charge in [-0.3, -0.25) is 9.97 Å². The summed E-state index contributed by atoms with van der Waals surface area (Å²) in [4.78, 5) is 11.2. The molecule has 50 heavy (non-hydrogen) atoms. The van der Waals surface area contributed by atoms with Gasteiger partial charge in [0.05, 0.1) is 11.1 Å². The fourth-order valence-corrected chi connectivity index (χ4v) is 7.77. The van der Waals surface area contributed by atoms with Gasteiger partial charge in [0.25, 0.3) is 0 Å². The summed E-state index contributed by atoms with van der Waals surface area (Å²) in [6, 6.07) is 63.5. The van der Waals surface area contributed by atoms with Crippen molar-refractivity contribution in [3.63, 3.8) is 0 Å². The smallest absolute Gasteiger partial charge is 0.0714 e. The first kappa shape index (κ1) is 29.6. The van der Waals surface area contributed by atoms with E-state index < -0.39 is 5.41 Å². The lowest BCUT2D eigenvalue weighted by molar-refractivity contribution is 0.768. The molecule has 0 atom stereocenters. The number of pyridine rings is 2. The van der Waals surface area contributed by atoms with E-state index in [4.69, 9.17) is 0 Å². The van der Waals surface area contributed by atoms with Crippen LogP contribution in [0, 0.1) is 0 Å². The zero-order chi connectivity index (χ0) is 33.3. The van der Waals surface area contributed by atoms with Crippen LogP contribution in [0.5, 0.6) is 0 Å². The van der Waals surface area contributed by atoms with Crippen LogP contribution in [-0.2, 0) is 5.41 Å². The first-order valence-corrected chi connectivity index (χ1v) is 17.0. The van der Waals surface area contributed by atoms with E-state index in [2.05, 4.69) is 179 Å². The lowest BCUT2D eigenvalue weighted by atomic mass is 9.67. The lowest BCUT2D eigenvalue weighted by Gasteiger charge is -2.35. The Morgan fingerprint density at radius 1 is 0.380 bits per heavy atom. The molecule has 8 aromatic rings. The molecule has 0 saturated carbocycles. The van der Waals surface area contributed by atoms with Crippen LogP contribution in [0.15, 0.2) is 201 Å². The Morgan fingerprint density at radius 2 is 0.940 bits per heavy atom. The molecule has 0 bridgehead atoms. The van der Waals surface area contributed by atoms with Crippen LogP contribution in [0.1, 0.15) is 22.3 Å². The largest absolute Gasteiger partial charge is 0.310 e. The van der Waals surface area contributed by atoms with Gasteiger partial charge in [0.1, 0.15) is 0 Å². The maximum Gasteiger partial charge on any atom is 0.0714 e. The standard InChI is InChI=1S/C47H33N3/c1-3-15-37(16-4-1)47(38-17-5-2-6-18-38)44-21-9-7-20-42(44)43-28-27-40(31-45(43)47)50(39-25-23-34(24-26-39)35-13-11-29-48-32-35)46-22-10-8-19-41(46)36-14-12-30-49-33-36/h1-33H. The summed E-state index contributed by atoms with van der Waals surface area (Å²) in [5.74, 6) is 0. The van der Waals surface area contributed by atoms with Crippen LogP contribution in [0.4, 0.5) is 17.1 Å². The molecular weight excluding hydrogens is 607 g/mol. The zero-order valence-electron chi connectivity index (χ0n) is 27.4. The fraction of sp³-hybridized carbons (Fsp3) is 0.0213. The van der Waals surface area contributed by atoms with Crippen molar-refractivity contribution in [2.24, 2.45) is 0 Å². The van der Waals surface area contributed by atoms with E-state index in [9.17, 15) is 0 Å². The zero-order valence-corrected chi connectivity index (χ0v) is 27.4. The Labute approximate surface area is 292 Å². The van der Waals surface area contributed by atoms with E-state index in [0.29, 0.717) is 0 Å². The highest BCUT2D eigenvalue weighted by molar-refractivity contribution is 5.92. The van der Waals surface area contributed by atoms with Gasteiger partial charge in [-0.05, 0) is 87.0 Å². The van der Waals surface area contributed by atoms with Crippen molar-refractivity contribution >= 4 is 17.1 Å². The molecule has 0 N–H and O–H groups in total. The Balaban J connectivity index is 1.31. The van der Waals surface area contributed by atoms with Crippen LogP contribution in [0.3, 0.4) is 0 Å². The second kappa shape index (κ2) is 12.5. The van der Waals surface area contributed by atoms with Crippen molar-refractivity contribution in [1.82, 2.24) is 9.97 Å². The van der Waals surface area contributed by atoms with Crippen LogP contribution in [0.25, 0.3) is 33.4 Å². The number of hydrogen-bond acceptors (Lipinski definition) is 3. The molecule has 6 aromatic carbocycles. The monoisotopic (exact) mass is 639 g/mol. The Kier molecular flexibility index (Phi) is 7.37. The minimum absolute atomic E-state index is 0.497. The summed E-state index contributed by atoms with van der Waals surface area (Å²) >= 11 is 0. The van der Waals surface area contributed by atoms with Gasteiger partial charge in [0, 0.05) is 47.3 Å². The summed E-state index contributed by atoms with van der Waals surface area (Å²) in [5, 5.41) is 0. The lowest BCUT2D eigenvalue weighted by Crippen LogP contribution is -2.28. The van der Waals surface area contributed by atoms with E-state index in [1.807, 2.05) is 36.9 Å². The van der Waals surface area contributed by atoms with Gasteiger partial charge in [0.15, 0.2) is 0 Å². The number of rotatable bonds is 7. The van der Waals surface area contributed by atoms with Gasteiger partial charge in [-0.1, -0.05) is 133 Å². The second-order valence-electron chi connectivity index (χ2n) is 12.6. The van der Waals surface area contributed by atoms with Crippen LogP contribution in [0.2, 0.25) is 0 Å². The first-order valence-electron chi connectivity index (χ1n) is 17.0. The van der Waals surface area contributed by atoms with Crippen molar-refractivity contribution in [3.05, 3.63) is 223 Å². The van der Waals surface area contributed by atoms with Gasteiger partial charge in [-0.15, -0.1) is 0 Å². The molecule has 0 aliphatic heterocycles. The highest BCUT2D eigenvalue weighted by Gasteiger charge is 2.46. The number of aromatic nitrogens is 2. The molecule has 0 amide bonds. The molecule has 0 saturated heterocycles. The van der Waals surface area contributed by atoms with Gasteiger partial charge in [-0.25, -0.2) is 0 Å². The van der Waals surface area contributed by atoms with Crippen LogP contribution < -0.4 is 4.90 Å². The van der Waals surface area contributed by atoms with Gasteiger partial charge in [0.2, 0.25) is 0 Å². The average molecular weight is 640 g/mol. The average Bonchev–Trinajstić information content (AvgIpc) is 3.50. The van der Waals surface area contributed by atoms with E-state index in [1.54, 1.807) is 0 Å². The summed E-state index contributed by atoms with van der Waals surface area (Å²) in [7, 11) is 0. The highest BCUT2D eigenvalue weighted by Crippen LogP contribution is 2.57. The van der Waals surface area contributed by atoms with Crippen molar-refractivity contribution < 1.29 is 0 Å². The van der Waals surface area contributed by atoms with Crippen molar-refractivity contribution in [3.8, 4) is 33.4 Å². The molecular formula is C47H33N3. The van der Waals surface area contributed by atoms with Gasteiger partial charge < -0.3 is 4.90 Å². The predicted molar refractivity (Wildman–Crippen MR) is 205 cm³/mol. The molecule has 9 rings (SSSR count). The third-order valence-electron chi connectivity index (χ3n) is 9.94. The van der Waals surface area contributed by atoms with E-state index >= 15 is 0 Å². The van der Waals surface area contributed by atoms with Gasteiger partial charge in [-0.2, -0.15) is 0 Å². The first-order chi connectivity index (χ1) is 24.8. The second-order valence-corrected chi connectivity index (χ2v) is 12.6. The third-order valence-corrected chi connectivity index (χ3v) is 9.94. The van der Waals surface area contributed by atoms with E-state index in [0.717, 1.165) is 39.3 Å². The fourth-order valence-electron chi connectivity index (χ4n) is 7.77. The van der Waals surface area contributed by atoms with Crippen molar-refractivity contribution in [2.75, 3.05) is 4.90 Å². The van der Waals surface area contributed by atoms with E-state index in [-0.39, 0.29) is 0 Å². The Bertz CT molecular complexity index is 2370. The molecule has 3 heteroatoms. The normalized spacial score (nSPS) is 12.6. The maximum absolute atomic E-state index is 4.48. The molecule has 0 radical (unpaired) electrons. The number of anilines is 3. The minimum Gasteiger partial charge on any atom is -0.310 e. The highest BCUT2D eigenvalue weighted by atomic mass is 15.1. The molecule has 1 aliphatic rings. The molecule has 0 spiro atoms. The van der Waals surface area contributed by atoms with E-state index in [1.165, 1.54) is 33.4 Å². The minimum atomic E-state index is -0.497. The van der Waals surface area contributed by atoms with Crippen LogP contribution >= 0.6 is 0 Å². The molecule has 0 unspecified atom stereocenters. The Hall–Kier alpha value is -6.58. The summed E-state index contributed by atoms with van der Waals surface area (Å²) in [5.41, 5.74) is 14.7. The number of fused-ring (bicyclic) bond motifs is 3. The molecule has 236 valence electrons. The molecule has 3 nitrogen and oxygen atoms in total. The molecule has 2 aromatic heterocycles.